The summed E-state index contributed by atoms with van der Waals surface area (Å²) >= 11 is 1.46. The molecule has 2 rings (SSSR count). The second-order valence-corrected chi connectivity index (χ2v) is 5.12. The van der Waals surface area contributed by atoms with E-state index in [-0.39, 0.29) is 12.5 Å². The van der Waals surface area contributed by atoms with Crippen LogP contribution < -0.4 is 10.1 Å². The predicted octanol–water partition coefficient (Wildman–Crippen LogP) is 3.21. The summed E-state index contributed by atoms with van der Waals surface area (Å²) in [5.41, 5.74) is 0.695. The molecule has 1 N–H and O–H groups in total. The van der Waals surface area contributed by atoms with E-state index < -0.39 is 0 Å². The minimum atomic E-state index is -0.121. The number of hydrogen-bond donors (Lipinski definition) is 1. The zero-order valence-corrected chi connectivity index (χ0v) is 11.2. The average Bonchev–Trinajstić information content (AvgIpc) is 2.85. The quantitative estimate of drug-likeness (QED) is 0.929. The molecule has 0 atom stereocenters. The van der Waals surface area contributed by atoms with Gasteiger partial charge in [0.15, 0.2) is 6.61 Å². The Morgan fingerprint density at radius 3 is 2.63 bits per heavy atom. The van der Waals surface area contributed by atoms with Crippen LogP contribution in [0.4, 0.5) is 5.69 Å². The third kappa shape index (κ3) is 3.57. The van der Waals surface area contributed by atoms with E-state index in [0.29, 0.717) is 16.3 Å². The summed E-state index contributed by atoms with van der Waals surface area (Å²) in [4.78, 5) is 13.7. The van der Waals surface area contributed by atoms with Gasteiger partial charge in [0.05, 0.1) is 4.88 Å². The molecule has 19 heavy (non-hydrogen) atoms. The first-order valence-electron chi connectivity index (χ1n) is 5.66. The molecular weight excluding hydrogens is 260 g/mol. The second-order valence-electron chi connectivity index (χ2n) is 3.84. The summed E-state index contributed by atoms with van der Waals surface area (Å²) in [7, 11) is 0. The molecule has 0 aliphatic carbocycles. The van der Waals surface area contributed by atoms with Crippen LogP contribution in [0.1, 0.15) is 14.5 Å². The molecule has 96 valence electrons. The molecule has 5 heteroatoms. The van der Waals surface area contributed by atoms with Crippen LogP contribution in [0, 0.1) is 18.3 Å². The molecule has 0 spiro atoms. The van der Waals surface area contributed by atoms with Crippen LogP contribution in [0.25, 0.3) is 0 Å². The van der Waals surface area contributed by atoms with Crippen molar-refractivity contribution in [3.8, 4) is 11.8 Å². The molecule has 4 nitrogen and oxygen atoms in total. The number of thiophene rings is 1. The van der Waals surface area contributed by atoms with Gasteiger partial charge in [-0.2, -0.15) is 5.26 Å². The average molecular weight is 272 g/mol. The van der Waals surface area contributed by atoms with Crippen LogP contribution in [-0.4, -0.2) is 12.5 Å². The van der Waals surface area contributed by atoms with E-state index in [0.717, 1.165) is 4.88 Å². The predicted molar refractivity (Wildman–Crippen MR) is 74.6 cm³/mol. The Hall–Kier alpha value is -2.32. The van der Waals surface area contributed by atoms with Crippen molar-refractivity contribution in [3.05, 3.63) is 46.2 Å². The number of benzene rings is 1. The summed E-state index contributed by atoms with van der Waals surface area (Å²) in [5.74, 6) is 0.482. The van der Waals surface area contributed by atoms with E-state index in [4.69, 9.17) is 10.00 Å². The fourth-order valence-electron chi connectivity index (χ4n) is 1.50. The van der Waals surface area contributed by atoms with E-state index in [1.165, 1.54) is 11.3 Å². The number of ether oxygens (including phenoxy) is 1. The second kappa shape index (κ2) is 6.03. The molecule has 1 amide bonds. The van der Waals surface area contributed by atoms with Crippen molar-refractivity contribution >= 4 is 22.9 Å². The summed E-state index contributed by atoms with van der Waals surface area (Å²) in [5, 5.41) is 11.2. The fourth-order valence-corrected chi connectivity index (χ4v) is 2.26. The summed E-state index contributed by atoms with van der Waals surface area (Å²) in [6.07, 6.45) is 0. The van der Waals surface area contributed by atoms with Gasteiger partial charge in [0, 0.05) is 10.6 Å². The van der Waals surface area contributed by atoms with Crippen molar-refractivity contribution in [1.29, 1.82) is 5.26 Å². The SMILES string of the molecule is Cc1ccc(C(=O)Nc2ccc(OCC#N)cc2)s1. The minimum Gasteiger partial charge on any atom is -0.479 e. The lowest BCUT2D eigenvalue weighted by molar-refractivity contribution is 0.103. The lowest BCUT2D eigenvalue weighted by Gasteiger charge is -2.05. The van der Waals surface area contributed by atoms with Gasteiger partial charge in [0.1, 0.15) is 11.8 Å². The number of carbonyl (C=O) groups is 1. The number of hydrogen-bond acceptors (Lipinski definition) is 4. The van der Waals surface area contributed by atoms with Crippen molar-refractivity contribution in [2.75, 3.05) is 11.9 Å². The van der Waals surface area contributed by atoms with Gasteiger partial charge >= 0.3 is 0 Å². The van der Waals surface area contributed by atoms with E-state index in [1.54, 1.807) is 30.3 Å². The number of amides is 1. The number of carbonyl (C=O) groups excluding carboxylic acids is 1. The maximum atomic E-state index is 11.9. The highest BCUT2D eigenvalue weighted by Gasteiger charge is 2.08. The molecule has 0 radical (unpaired) electrons. The zero-order valence-electron chi connectivity index (χ0n) is 10.3. The van der Waals surface area contributed by atoms with E-state index >= 15 is 0 Å². The molecule has 2 aromatic rings. The first-order chi connectivity index (χ1) is 9.19. The molecule has 0 bridgehead atoms. The molecule has 1 heterocycles. The van der Waals surface area contributed by atoms with Crippen LogP contribution in [0.5, 0.6) is 5.75 Å². The van der Waals surface area contributed by atoms with Crippen molar-refractivity contribution < 1.29 is 9.53 Å². The topological polar surface area (TPSA) is 62.1 Å². The number of nitrogens with zero attached hydrogens (tertiary/aromatic N) is 1. The van der Waals surface area contributed by atoms with E-state index in [1.807, 2.05) is 19.1 Å². The van der Waals surface area contributed by atoms with Crippen LogP contribution in [0.3, 0.4) is 0 Å². The highest BCUT2D eigenvalue weighted by atomic mass is 32.1. The smallest absolute Gasteiger partial charge is 0.265 e. The van der Waals surface area contributed by atoms with E-state index in [9.17, 15) is 4.79 Å². The minimum absolute atomic E-state index is 0.0141. The number of nitrogens with one attached hydrogen (secondary N) is 1. The van der Waals surface area contributed by atoms with Crippen LogP contribution >= 0.6 is 11.3 Å². The van der Waals surface area contributed by atoms with Crippen LogP contribution in [0.15, 0.2) is 36.4 Å². The first kappa shape index (κ1) is 13.1. The largest absolute Gasteiger partial charge is 0.479 e. The van der Waals surface area contributed by atoms with Crippen molar-refractivity contribution in [2.45, 2.75) is 6.92 Å². The van der Waals surface area contributed by atoms with Gasteiger partial charge in [-0.3, -0.25) is 4.79 Å². The van der Waals surface area contributed by atoms with Gasteiger partial charge < -0.3 is 10.1 Å². The molecule has 0 unspecified atom stereocenters. The Kier molecular flexibility index (Phi) is 4.16. The Bertz CT molecular complexity index is 611. The van der Waals surface area contributed by atoms with Crippen molar-refractivity contribution in [3.63, 3.8) is 0 Å². The van der Waals surface area contributed by atoms with Crippen LogP contribution in [0.2, 0.25) is 0 Å². The van der Waals surface area contributed by atoms with Crippen molar-refractivity contribution in [2.24, 2.45) is 0 Å². The Balaban J connectivity index is 2.00. The van der Waals surface area contributed by atoms with Gasteiger partial charge in [-0.05, 0) is 43.3 Å². The van der Waals surface area contributed by atoms with Gasteiger partial charge in [0.2, 0.25) is 0 Å². The third-order valence-corrected chi connectivity index (χ3v) is 3.38. The third-order valence-electron chi connectivity index (χ3n) is 2.38. The van der Waals surface area contributed by atoms with Gasteiger partial charge in [0.25, 0.3) is 5.91 Å². The molecule has 0 saturated carbocycles. The highest BCUT2D eigenvalue weighted by molar-refractivity contribution is 7.14. The normalized spacial score (nSPS) is 9.68. The Labute approximate surface area is 115 Å². The summed E-state index contributed by atoms with van der Waals surface area (Å²) in [6.45, 7) is 1.98. The number of nitriles is 1. The lowest BCUT2D eigenvalue weighted by Crippen LogP contribution is -2.09. The highest BCUT2D eigenvalue weighted by Crippen LogP contribution is 2.19. The standard InChI is InChI=1S/C14H12N2O2S/c1-10-2-7-13(19-10)14(17)16-11-3-5-12(6-4-11)18-9-8-15/h2-7H,9H2,1H3,(H,16,17). The fraction of sp³-hybridized carbons (Fsp3) is 0.143. The summed E-state index contributed by atoms with van der Waals surface area (Å²) < 4.78 is 5.13. The Morgan fingerprint density at radius 2 is 2.05 bits per heavy atom. The van der Waals surface area contributed by atoms with Crippen LogP contribution in [-0.2, 0) is 0 Å². The van der Waals surface area contributed by atoms with Gasteiger partial charge in [-0.25, -0.2) is 0 Å². The number of rotatable bonds is 4. The molecule has 0 aliphatic heterocycles. The monoisotopic (exact) mass is 272 g/mol. The molecule has 0 aliphatic rings. The molecule has 0 saturated heterocycles. The van der Waals surface area contributed by atoms with E-state index in [2.05, 4.69) is 5.32 Å². The zero-order chi connectivity index (χ0) is 13.7. The molecule has 1 aromatic heterocycles. The molecular formula is C14H12N2O2S. The summed E-state index contributed by atoms with van der Waals surface area (Å²) in [6, 6.07) is 12.5. The maximum Gasteiger partial charge on any atom is 0.265 e. The first-order valence-corrected chi connectivity index (χ1v) is 6.48. The lowest BCUT2D eigenvalue weighted by atomic mass is 10.3. The van der Waals surface area contributed by atoms with Gasteiger partial charge in [-0.15, -0.1) is 11.3 Å². The number of anilines is 1. The Morgan fingerprint density at radius 1 is 1.32 bits per heavy atom. The maximum absolute atomic E-state index is 11.9. The van der Waals surface area contributed by atoms with Crippen molar-refractivity contribution in [1.82, 2.24) is 0 Å². The molecule has 0 fully saturated rings. The number of aryl methyl sites for hydroxylation is 1. The molecule has 1 aromatic carbocycles. The van der Waals surface area contributed by atoms with Gasteiger partial charge in [-0.1, -0.05) is 0 Å².